The van der Waals surface area contributed by atoms with Gasteiger partial charge in [0, 0.05) is 31.6 Å². The zero-order chi connectivity index (χ0) is 29.5. The lowest BCUT2D eigenvalue weighted by molar-refractivity contribution is -0.137. The van der Waals surface area contributed by atoms with Gasteiger partial charge in [0.1, 0.15) is 0 Å². The summed E-state index contributed by atoms with van der Waals surface area (Å²) >= 11 is 0. The van der Waals surface area contributed by atoms with Crippen LogP contribution in [0.2, 0.25) is 0 Å². The van der Waals surface area contributed by atoms with Gasteiger partial charge >= 0.3 is 0 Å². The van der Waals surface area contributed by atoms with E-state index in [-0.39, 0.29) is 42.5 Å². The summed E-state index contributed by atoms with van der Waals surface area (Å²) in [6, 6.07) is 25.0. The number of benzene rings is 3. The SMILES string of the molecule is C[C@@H]1CN([C@@H](C)CO)C(=O)c2ccccc2-c2ccccc2CO[C@H]1CN(C)C(=O)[C@@H](Cc1ccccc1)N(C)C. The van der Waals surface area contributed by atoms with Crippen molar-refractivity contribution in [1.82, 2.24) is 14.7 Å². The van der Waals surface area contributed by atoms with Crippen LogP contribution in [0, 0.1) is 5.92 Å². The fourth-order valence-corrected chi connectivity index (χ4v) is 5.49. The van der Waals surface area contributed by atoms with Crippen LogP contribution in [0.25, 0.3) is 11.1 Å². The third-order valence-electron chi connectivity index (χ3n) is 8.10. The number of carbonyl (C=O) groups is 2. The van der Waals surface area contributed by atoms with Crippen LogP contribution in [0.15, 0.2) is 78.9 Å². The first-order valence-electron chi connectivity index (χ1n) is 14.4. The minimum Gasteiger partial charge on any atom is -0.394 e. The normalized spacial score (nSPS) is 19.1. The van der Waals surface area contributed by atoms with E-state index in [2.05, 4.69) is 6.92 Å². The molecule has 0 unspecified atom stereocenters. The van der Waals surface area contributed by atoms with Crippen molar-refractivity contribution >= 4 is 11.8 Å². The topological polar surface area (TPSA) is 73.3 Å². The highest BCUT2D eigenvalue weighted by Gasteiger charge is 2.32. The molecule has 1 N–H and O–H groups in total. The first kappa shape index (κ1) is 30.4. The lowest BCUT2D eigenvalue weighted by atomic mass is 9.94. The van der Waals surface area contributed by atoms with Crippen LogP contribution in [0.4, 0.5) is 0 Å². The van der Waals surface area contributed by atoms with Crippen molar-refractivity contribution in [3.8, 4) is 11.1 Å². The van der Waals surface area contributed by atoms with Crippen LogP contribution in [-0.2, 0) is 22.6 Å². The predicted molar refractivity (Wildman–Crippen MR) is 162 cm³/mol. The number of aliphatic hydroxyl groups excluding tert-OH is 1. The summed E-state index contributed by atoms with van der Waals surface area (Å²) in [5.74, 6) is -0.203. The summed E-state index contributed by atoms with van der Waals surface area (Å²) in [4.78, 5) is 33.2. The maximum atomic E-state index is 14.0. The van der Waals surface area contributed by atoms with Gasteiger partial charge in [-0.05, 0) is 55.8 Å². The number of carbonyl (C=O) groups excluding carboxylic acids is 2. The lowest BCUT2D eigenvalue weighted by Gasteiger charge is -2.36. The van der Waals surface area contributed by atoms with Gasteiger partial charge in [0.25, 0.3) is 5.91 Å². The number of hydrogen-bond acceptors (Lipinski definition) is 5. The Balaban J connectivity index is 1.65. The molecule has 3 aromatic rings. The van der Waals surface area contributed by atoms with Gasteiger partial charge in [0.2, 0.25) is 5.91 Å². The van der Waals surface area contributed by atoms with E-state index in [1.54, 1.807) is 9.80 Å². The smallest absolute Gasteiger partial charge is 0.254 e. The fourth-order valence-electron chi connectivity index (χ4n) is 5.49. The largest absolute Gasteiger partial charge is 0.394 e. The standard InChI is InChI=1S/C34H43N3O4/c1-24-20-37(25(2)22-38)33(39)30-18-12-11-17-29(30)28-16-10-9-15-27(28)23-41-32(24)21-36(5)34(40)31(35(3)4)19-26-13-7-6-8-14-26/h6-18,24-25,31-32,38H,19-23H2,1-5H3/t24-,25+,31-,32+/m1/s1. The van der Waals surface area contributed by atoms with Crippen LogP contribution in [0.5, 0.6) is 0 Å². The molecule has 4 atom stereocenters. The molecule has 0 saturated heterocycles. The van der Waals surface area contributed by atoms with Gasteiger partial charge in [0.05, 0.1) is 31.4 Å². The minimum absolute atomic E-state index is 0.0217. The Hall–Kier alpha value is -3.52. The van der Waals surface area contributed by atoms with E-state index in [4.69, 9.17) is 4.74 Å². The summed E-state index contributed by atoms with van der Waals surface area (Å²) in [6.07, 6.45) is 0.277. The summed E-state index contributed by atoms with van der Waals surface area (Å²) in [5, 5.41) is 10.1. The highest BCUT2D eigenvalue weighted by molar-refractivity contribution is 6.01. The van der Waals surface area contributed by atoms with Crippen LogP contribution in [0.1, 0.15) is 35.3 Å². The van der Waals surface area contributed by atoms with Gasteiger partial charge in [-0.3, -0.25) is 14.5 Å². The molecular formula is C34H43N3O4. The molecule has 1 aliphatic rings. The van der Waals surface area contributed by atoms with E-state index in [0.717, 1.165) is 22.3 Å². The van der Waals surface area contributed by atoms with E-state index in [9.17, 15) is 14.7 Å². The predicted octanol–water partition coefficient (Wildman–Crippen LogP) is 4.34. The maximum absolute atomic E-state index is 14.0. The Morgan fingerprint density at radius 1 is 0.951 bits per heavy atom. The van der Waals surface area contributed by atoms with E-state index in [0.29, 0.717) is 31.7 Å². The molecule has 7 nitrogen and oxygen atoms in total. The van der Waals surface area contributed by atoms with Gasteiger partial charge in [0.15, 0.2) is 0 Å². The molecule has 0 spiro atoms. The zero-order valence-corrected chi connectivity index (χ0v) is 24.9. The van der Waals surface area contributed by atoms with Gasteiger partial charge in [-0.15, -0.1) is 0 Å². The molecule has 2 amide bonds. The third kappa shape index (κ3) is 7.22. The second-order valence-electron chi connectivity index (χ2n) is 11.4. The summed E-state index contributed by atoms with van der Waals surface area (Å²) < 4.78 is 6.60. The van der Waals surface area contributed by atoms with Crippen molar-refractivity contribution < 1.29 is 19.4 Å². The molecule has 0 fully saturated rings. The second-order valence-corrected chi connectivity index (χ2v) is 11.4. The molecule has 0 saturated carbocycles. The number of rotatable bonds is 8. The molecule has 41 heavy (non-hydrogen) atoms. The first-order chi connectivity index (χ1) is 19.7. The van der Waals surface area contributed by atoms with E-state index in [1.807, 2.05) is 112 Å². The summed E-state index contributed by atoms with van der Waals surface area (Å²) in [7, 11) is 5.69. The van der Waals surface area contributed by atoms with Gasteiger partial charge < -0.3 is 19.6 Å². The molecule has 0 aromatic heterocycles. The molecular weight excluding hydrogens is 514 g/mol. The number of nitrogens with zero attached hydrogens (tertiary/aromatic N) is 3. The van der Waals surface area contributed by atoms with Crippen LogP contribution < -0.4 is 0 Å². The van der Waals surface area contributed by atoms with Gasteiger partial charge in [-0.1, -0.05) is 79.7 Å². The average Bonchev–Trinajstić information content (AvgIpc) is 3.01. The number of likely N-dealkylation sites (N-methyl/N-ethyl adjacent to an activating group) is 2. The number of ether oxygens (including phenoxy) is 1. The van der Waals surface area contributed by atoms with Crippen molar-refractivity contribution in [3.05, 3.63) is 95.6 Å². The quantitative estimate of drug-likeness (QED) is 0.446. The van der Waals surface area contributed by atoms with Crippen molar-refractivity contribution in [2.45, 2.75) is 45.1 Å². The Bertz CT molecular complexity index is 1310. The molecule has 218 valence electrons. The van der Waals surface area contributed by atoms with E-state index in [1.165, 1.54) is 0 Å². The molecule has 0 bridgehead atoms. The monoisotopic (exact) mass is 557 g/mol. The number of aliphatic hydroxyl groups is 1. The molecule has 1 aliphatic heterocycles. The van der Waals surface area contributed by atoms with Gasteiger partial charge in [-0.2, -0.15) is 0 Å². The van der Waals surface area contributed by atoms with Crippen molar-refractivity contribution in [1.29, 1.82) is 0 Å². The molecule has 3 aromatic carbocycles. The highest BCUT2D eigenvalue weighted by Crippen LogP contribution is 2.31. The maximum Gasteiger partial charge on any atom is 0.254 e. The van der Waals surface area contributed by atoms with Crippen LogP contribution in [0.3, 0.4) is 0 Å². The van der Waals surface area contributed by atoms with Crippen molar-refractivity contribution in [2.75, 3.05) is 40.8 Å². The van der Waals surface area contributed by atoms with Crippen LogP contribution in [-0.4, -0.2) is 90.6 Å². The van der Waals surface area contributed by atoms with E-state index < -0.39 is 0 Å². The number of hydrogen-bond donors (Lipinski definition) is 1. The van der Waals surface area contributed by atoms with Crippen LogP contribution >= 0.6 is 0 Å². The van der Waals surface area contributed by atoms with Gasteiger partial charge in [-0.25, -0.2) is 0 Å². The third-order valence-corrected chi connectivity index (χ3v) is 8.10. The second kappa shape index (κ2) is 13.9. The fraction of sp³-hybridized carbons (Fsp3) is 0.412. The van der Waals surface area contributed by atoms with Crippen molar-refractivity contribution in [3.63, 3.8) is 0 Å². The molecule has 0 aliphatic carbocycles. The summed E-state index contributed by atoms with van der Waals surface area (Å²) in [6.45, 7) is 4.88. The molecule has 1 heterocycles. The minimum atomic E-state index is -0.377. The highest BCUT2D eigenvalue weighted by atomic mass is 16.5. The van der Waals surface area contributed by atoms with E-state index >= 15 is 0 Å². The molecule has 4 rings (SSSR count). The Kier molecular flexibility index (Phi) is 10.3. The van der Waals surface area contributed by atoms with Crippen molar-refractivity contribution in [2.24, 2.45) is 5.92 Å². The molecule has 7 heteroatoms. The average molecular weight is 558 g/mol. The Labute approximate surface area is 244 Å². The lowest BCUT2D eigenvalue weighted by Crippen LogP contribution is -2.50. The molecule has 0 radical (unpaired) electrons. The Morgan fingerprint density at radius 2 is 1.56 bits per heavy atom. The Morgan fingerprint density at radius 3 is 2.22 bits per heavy atom. The number of amides is 2. The summed E-state index contributed by atoms with van der Waals surface area (Å²) in [5.41, 5.74) is 4.49. The number of fused-ring (bicyclic) bond motifs is 3. The zero-order valence-electron chi connectivity index (χ0n) is 24.9. The first-order valence-corrected chi connectivity index (χ1v) is 14.4.